The van der Waals surface area contributed by atoms with Crippen LogP contribution in [0.15, 0.2) is 0 Å². The van der Waals surface area contributed by atoms with Crippen LogP contribution in [0.2, 0.25) is 0 Å². The van der Waals surface area contributed by atoms with Crippen LogP contribution in [0.5, 0.6) is 0 Å². The fraction of sp³-hybridized carbons (Fsp3) is 1.00. The highest BCUT2D eigenvalue weighted by Crippen LogP contribution is 2.16. The van der Waals surface area contributed by atoms with Gasteiger partial charge in [-0.1, -0.05) is 6.92 Å². The number of nitrogens with two attached hydrogens (primary N) is 1. The van der Waals surface area contributed by atoms with Gasteiger partial charge in [-0.05, 0) is 20.3 Å². The number of rotatable bonds is 3. The predicted octanol–water partition coefficient (Wildman–Crippen LogP) is 1.15. The zero-order chi connectivity index (χ0) is 7.49. The van der Waals surface area contributed by atoms with E-state index in [2.05, 4.69) is 6.92 Å². The monoisotopic (exact) mass is 131 g/mol. The third-order valence-electron chi connectivity index (χ3n) is 2.13. The second-order valence-electron chi connectivity index (χ2n) is 2.66. The van der Waals surface area contributed by atoms with Crippen LogP contribution in [0.1, 0.15) is 27.2 Å². The largest absolute Gasteiger partial charge is 0.377 e. The summed E-state index contributed by atoms with van der Waals surface area (Å²) in [6.07, 6.45) is 0.959. The van der Waals surface area contributed by atoms with E-state index < -0.39 is 0 Å². The van der Waals surface area contributed by atoms with Crippen LogP contribution >= 0.6 is 0 Å². The Balaban J connectivity index is 3.92. The van der Waals surface area contributed by atoms with E-state index in [4.69, 9.17) is 10.5 Å². The Bertz CT molecular complexity index is 77.0. The summed E-state index contributed by atoms with van der Waals surface area (Å²) in [5.41, 5.74) is 5.53. The summed E-state index contributed by atoms with van der Waals surface area (Å²) in [5, 5.41) is 0. The smallest absolute Gasteiger partial charge is 0.0795 e. The summed E-state index contributed by atoms with van der Waals surface area (Å²) in [7, 11) is 1.70. The quantitative estimate of drug-likeness (QED) is 0.623. The van der Waals surface area contributed by atoms with Crippen molar-refractivity contribution in [2.24, 2.45) is 5.73 Å². The van der Waals surface area contributed by atoms with E-state index in [-0.39, 0.29) is 11.6 Å². The summed E-state index contributed by atoms with van der Waals surface area (Å²) >= 11 is 0. The van der Waals surface area contributed by atoms with Crippen molar-refractivity contribution in [2.45, 2.75) is 38.8 Å². The molecule has 2 atom stereocenters. The van der Waals surface area contributed by atoms with Gasteiger partial charge in [0.2, 0.25) is 0 Å². The zero-order valence-electron chi connectivity index (χ0n) is 6.77. The van der Waals surface area contributed by atoms with Gasteiger partial charge in [-0.2, -0.15) is 0 Å². The first-order valence-corrected chi connectivity index (χ1v) is 3.37. The Morgan fingerprint density at radius 3 is 2.11 bits per heavy atom. The first kappa shape index (κ1) is 8.92. The summed E-state index contributed by atoms with van der Waals surface area (Å²) in [5.74, 6) is 0. The molecular weight excluding hydrogens is 114 g/mol. The normalized spacial score (nSPS) is 21.0. The molecule has 0 bridgehead atoms. The van der Waals surface area contributed by atoms with Gasteiger partial charge < -0.3 is 10.5 Å². The van der Waals surface area contributed by atoms with Crippen molar-refractivity contribution in [3.05, 3.63) is 0 Å². The second-order valence-corrected chi connectivity index (χ2v) is 2.66. The molecule has 0 aromatic carbocycles. The molecule has 2 unspecified atom stereocenters. The minimum atomic E-state index is -0.139. The van der Waals surface area contributed by atoms with E-state index >= 15 is 0 Å². The van der Waals surface area contributed by atoms with Crippen LogP contribution in [-0.2, 0) is 4.74 Å². The van der Waals surface area contributed by atoms with Crippen LogP contribution in [0, 0.1) is 0 Å². The van der Waals surface area contributed by atoms with Gasteiger partial charge in [-0.3, -0.25) is 0 Å². The molecule has 2 N–H and O–H groups in total. The molecule has 0 fully saturated rings. The Morgan fingerprint density at radius 1 is 1.67 bits per heavy atom. The highest BCUT2D eigenvalue weighted by Gasteiger charge is 2.25. The first-order valence-electron chi connectivity index (χ1n) is 3.37. The van der Waals surface area contributed by atoms with Gasteiger partial charge in [0.15, 0.2) is 0 Å². The molecule has 0 aliphatic carbocycles. The van der Waals surface area contributed by atoms with E-state index in [1.54, 1.807) is 7.11 Å². The van der Waals surface area contributed by atoms with Crippen molar-refractivity contribution in [1.82, 2.24) is 0 Å². The predicted molar refractivity (Wildman–Crippen MR) is 39.4 cm³/mol. The van der Waals surface area contributed by atoms with Gasteiger partial charge >= 0.3 is 0 Å². The van der Waals surface area contributed by atoms with Gasteiger partial charge in [0.25, 0.3) is 0 Å². The Hall–Kier alpha value is -0.0800. The lowest BCUT2D eigenvalue weighted by Crippen LogP contribution is -2.44. The lowest BCUT2D eigenvalue weighted by molar-refractivity contribution is -0.0140. The minimum absolute atomic E-state index is 0.104. The maximum atomic E-state index is 5.67. The second kappa shape index (κ2) is 3.18. The first-order chi connectivity index (χ1) is 4.06. The third kappa shape index (κ3) is 1.95. The van der Waals surface area contributed by atoms with Crippen LogP contribution < -0.4 is 5.73 Å². The Morgan fingerprint density at radius 2 is 2.11 bits per heavy atom. The number of methoxy groups -OCH3 is 1. The zero-order valence-corrected chi connectivity index (χ0v) is 6.77. The topological polar surface area (TPSA) is 35.2 Å². The van der Waals surface area contributed by atoms with Gasteiger partial charge in [0.1, 0.15) is 0 Å². The third-order valence-corrected chi connectivity index (χ3v) is 2.13. The summed E-state index contributed by atoms with van der Waals surface area (Å²) in [4.78, 5) is 0. The lowest BCUT2D eigenvalue weighted by atomic mass is 9.95. The molecule has 2 heteroatoms. The van der Waals surface area contributed by atoms with Crippen molar-refractivity contribution < 1.29 is 4.74 Å². The fourth-order valence-electron chi connectivity index (χ4n) is 0.652. The molecule has 0 saturated carbocycles. The van der Waals surface area contributed by atoms with Gasteiger partial charge in [0.05, 0.1) is 5.60 Å². The molecule has 0 spiro atoms. The molecule has 0 radical (unpaired) electrons. The number of ether oxygens (including phenoxy) is 1. The van der Waals surface area contributed by atoms with Crippen LogP contribution in [0.4, 0.5) is 0 Å². The van der Waals surface area contributed by atoms with Gasteiger partial charge in [-0.25, -0.2) is 0 Å². The molecule has 9 heavy (non-hydrogen) atoms. The van der Waals surface area contributed by atoms with Crippen molar-refractivity contribution in [1.29, 1.82) is 0 Å². The van der Waals surface area contributed by atoms with E-state index in [0.717, 1.165) is 6.42 Å². The fourth-order valence-corrected chi connectivity index (χ4v) is 0.652. The molecule has 0 amide bonds. The molecule has 0 saturated heterocycles. The van der Waals surface area contributed by atoms with E-state index in [1.807, 2.05) is 13.8 Å². The summed E-state index contributed by atoms with van der Waals surface area (Å²) < 4.78 is 5.22. The van der Waals surface area contributed by atoms with Crippen molar-refractivity contribution in [3.8, 4) is 0 Å². The Kier molecular flexibility index (Phi) is 3.15. The number of hydrogen-bond acceptors (Lipinski definition) is 2. The average Bonchev–Trinajstić information content (AvgIpc) is 1.86. The van der Waals surface area contributed by atoms with E-state index in [0.29, 0.717) is 0 Å². The molecule has 0 rings (SSSR count). The molecular formula is C7H17NO. The maximum Gasteiger partial charge on any atom is 0.0795 e. The SMILES string of the molecule is CCC(C)(OC)C(C)N. The number of hydrogen-bond donors (Lipinski definition) is 1. The molecule has 56 valence electrons. The standard InChI is InChI=1S/C7H17NO/c1-5-7(3,9-4)6(2)8/h6H,5,8H2,1-4H3. The average molecular weight is 131 g/mol. The molecule has 0 heterocycles. The van der Waals surface area contributed by atoms with Crippen LogP contribution in [-0.4, -0.2) is 18.8 Å². The molecule has 0 aliphatic rings. The molecule has 0 aliphatic heterocycles. The van der Waals surface area contributed by atoms with Gasteiger partial charge in [-0.15, -0.1) is 0 Å². The highest BCUT2D eigenvalue weighted by molar-refractivity contribution is 4.81. The highest BCUT2D eigenvalue weighted by atomic mass is 16.5. The van der Waals surface area contributed by atoms with E-state index in [1.165, 1.54) is 0 Å². The molecule has 2 nitrogen and oxygen atoms in total. The van der Waals surface area contributed by atoms with E-state index in [9.17, 15) is 0 Å². The van der Waals surface area contributed by atoms with Crippen LogP contribution in [0.25, 0.3) is 0 Å². The summed E-state index contributed by atoms with van der Waals surface area (Å²) in [6.45, 7) is 6.07. The molecule has 0 aromatic rings. The van der Waals surface area contributed by atoms with Crippen molar-refractivity contribution in [2.75, 3.05) is 7.11 Å². The van der Waals surface area contributed by atoms with Crippen molar-refractivity contribution in [3.63, 3.8) is 0 Å². The lowest BCUT2D eigenvalue weighted by Gasteiger charge is -2.30. The minimum Gasteiger partial charge on any atom is -0.377 e. The summed E-state index contributed by atoms with van der Waals surface area (Å²) in [6, 6.07) is 0.104. The Labute approximate surface area is 57.4 Å². The van der Waals surface area contributed by atoms with Gasteiger partial charge in [0, 0.05) is 13.2 Å². The van der Waals surface area contributed by atoms with Crippen LogP contribution in [0.3, 0.4) is 0 Å². The van der Waals surface area contributed by atoms with Crippen molar-refractivity contribution >= 4 is 0 Å². The maximum absolute atomic E-state index is 5.67. The molecule has 0 aromatic heterocycles.